The van der Waals surface area contributed by atoms with Gasteiger partial charge < -0.3 is 9.73 Å². The van der Waals surface area contributed by atoms with Crippen LogP contribution in [0.1, 0.15) is 34.4 Å². The van der Waals surface area contributed by atoms with Gasteiger partial charge in [0.15, 0.2) is 0 Å². The van der Waals surface area contributed by atoms with Crippen LogP contribution < -0.4 is 5.32 Å². The number of benzene rings is 2. The first-order valence-electron chi connectivity index (χ1n) is 8.96. The molecule has 0 unspecified atom stereocenters. The molecule has 0 saturated carbocycles. The lowest BCUT2D eigenvalue weighted by Gasteiger charge is -2.10. The molecule has 0 atom stereocenters. The lowest BCUT2D eigenvalue weighted by Crippen LogP contribution is -2.13. The molecule has 0 aliphatic carbocycles. The Kier molecular flexibility index (Phi) is 5.27. The maximum absolute atomic E-state index is 12.3. The Morgan fingerprint density at radius 1 is 0.923 bits per heavy atom. The van der Waals surface area contributed by atoms with Crippen molar-refractivity contribution in [1.82, 2.24) is 0 Å². The molecule has 0 aliphatic rings. The van der Waals surface area contributed by atoms with Gasteiger partial charge in [-0.1, -0.05) is 24.3 Å². The van der Waals surface area contributed by atoms with E-state index in [1.807, 2.05) is 44.2 Å². The molecule has 3 rings (SSSR count). The van der Waals surface area contributed by atoms with Crippen molar-refractivity contribution in [3.05, 3.63) is 76.5 Å². The molecule has 26 heavy (non-hydrogen) atoms. The summed E-state index contributed by atoms with van der Waals surface area (Å²) in [7, 11) is 0. The number of hydrogen-bond donors (Lipinski definition) is 1. The highest BCUT2D eigenvalue weighted by atomic mass is 16.3. The van der Waals surface area contributed by atoms with Crippen LogP contribution in [0.25, 0.3) is 11.3 Å². The number of hydrogen-bond acceptors (Lipinski definition) is 2. The number of furan rings is 1. The van der Waals surface area contributed by atoms with Crippen molar-refractivity contribution >= 4 is 11.6 Å². The molecule has 0 bridgehead atoms. The summed E-state index contributed by atoms with van der Waals surface area (Å²) >= 11 is 0. The first-order valence-corrected chi connectivity index (χ1v) is 8.96. The highest BCUT2D eigenvalue weighted by Crippen LogP contribution is 2.25. The molecule has 0 radical (unpaired) electrons. The fourth-order valence-electron chi connectivity index (χ4n) is 2.90. The third kappa shape index (κ3) is 4.05. The molecule has 0 saturated heterocycles. The van der Waals surface area contributed by atoms with Gasteiger partial charge in [-0.3, -0.25) is 4.79 Å². The van der Waals surface area contributed by atoms with Gasteiger partial charge in [-0.25, -0.2) is 0 Å². The molecule has 1 amide bonds. The minimum atomic E-state index is 0.00262. The maximum Gasteiger partial charge on any atom is 0.224 e. The number of nitrogens with one attached hydrogen (secondary N) is 1. The van der Waals surface area contributed by atoms with Gasteiger partial charge in [0, 0.05) is 24.1 Å². The third-order valence-corrected chi connectivity index (χ3v) is 4.93. The molecule has 1 heterocycles. The normalized spacial score (nSPS) is 10.8. The molecule has 0 aliphatic heterocycles. The number of aryl methyl sites for hydroxylation is 4. The van der Waals surface area contributed by atoms with E-state index < -0.39 is 0 Å². The van der Waals surface area contributed by atoms with E-state index in [9.17, 15) is 4.79 Å². The Labute approximate surface area is 155 Å². The topological polar surface area (TPSA) is 42.2 Å². The van der Waals surface area contributed by atoms with Crippen molar-refractivity contribution < 1.29 is 9.21 Å². The van der Waals surface area contributed by atoms with Gasteiger partial charge in [0.1, 0.15) is 11.5 Å². The SMILES string of the molecule is Cc1ccc(-c2ccc(CCC(=O)Nc3cccc(C)c3C)o2)cc1C. The van der Waals surface area contributed by atoms with Crippen LogP contribution in [0, 0.1) is 27.7 Å². The van der Waals surface area contributed by atoms with E-state index >= 15 is 0 Å². The highest BCUT2D eigenvalue weighted by Gasteiger charge is 2.10. The molecule has 3 nitrogen and oxygen atoms in total. The van der Waals surface area contributed by atoms with Crippen LogP contribution in [0.4, 0.5) is 5.69 Å². The fraction of sp³-hybridized carbons (Fsp3) is 0.261. The van der Waals surface area contributed by atoms with Crippen LogP contribution in [-0.4, -0.2) is 5.91 Å². The lowest BCUT2D eigenvalue weighted by molar-refractivity contribution is -0.116. The second-order valence-corrected chi connectivity index (χ2v) is 6.86. The summed E-state index contributed by atoms with van der Waals surface area (Å²) in [6, 6.07) is 16.2. The van der Waals surface area contributed by atoms with Gasteiger partial charge >= 0.3 is 0 Å². The third-order valence-electron chi connectivity index (χ3n) is 4.93. The molecule has 3 aromatic rings. The minimum Gasteiger partial charge on any atom is -0.461 e. The van der Waals surface area contributed by atoms with Gasteiger partial charge in [-0.2, -0.15) is 0 Å². The predicted octanol–water partition coefficient (Wildman–Crippen LogP) is 5.75. The average Bonchev–Trinajstić information content (AvgIpc) is 3.09. The van der Waals surface area contributed by atoms with E-state index in [4.69, 9.17) is 4.42 Å². The van der Waals surface area contributed by atoms with Crippen molar-refractivity contribution in [2.75, 3.05) is 5.32 Å². The summed E-state index contributed by atoms with van der Waals surface area (Å²) in [5.74, 6) is 1.68. The van der Waals surface area contributed by atoms with Gasteiger partial charge in [0.05, 0.1) is 0 Å². The van der Waals surface area contributed by atoms with Crippen molar-refractivity contribution in [3.63, 3.8) is 0 Å². The number of amides is 1. The largest absolute Gasteiger partial charge is 0.461 e. The van der Waals surface area contributed by atoms with Gasteiger partial charge in [-0.15, -0.1) is 0 Å². The summed E-state index contributed by atoms with van der Waals surface area (Å²) in [4.78, 5) is 12.3. The van der Waals surface area contributed by atoms with Crippen LogP contribution in [0.2, 0.25) is 0 Å². The van der Waals surface area contributed by atoms with Crippen LogP contribution in [0.5, 0.6) is 0 Å². The molecule has 134 valence electrons. The highest BCUT2D eigenvalue weighted by molar-refractivity contribution is 5.91. The summed E-state index contributed by atoms with van der Waals surface area (Å²) < 4.78 is 5.93. The Morgan fingerprint density at radius 2 is 1.73 bits per heavy atom. The van der Waals surface area contributed by atoms with Gasteiger partial charge in [0.25, 0.3) is 0 Å². The van der Waals surface area contributed by atoms with E-state index in [0.29, 0.717) is 12.8 Å². The molecule has 2 aromatic carbocycles. The summed E-state index contributed by atoms with van der Waals surface area (Å²) in [5.41, 5.74) is 6.74. The lowest BCUT2D eigenvalue weighted by atomic mass is 10.1. The number of carbonyl (C=O) groups is 1. The number of carbonyl (C=O) groups excluding carboxylic acids is 1. The Balaban J connectivity index is 1.61. The Bertz CT molecular complexity index is 937. The fourth-order valence-corrected chi connectivity index (χ4v) is 2.90. The van der Waals surface area contributed by atoms with E-state index in [1.165, 1.54) is 16.7 Å². The van der Waals surface area contributed by atoms with E-state index in [2.05, 4.69) is 37.4 Å². The molecule has 0 fully saturated rings. The Hall–Kier alpha value is -2.81. The van der Waals surface area contributed by atoms with Crippen molar-refractivity contribution in [2.45, 2.75) is 40.5 Å². The van der Waals surface area contributed by atoms with Crippen LogP contribution >= 0.6 is 0 Å². The summed E-state index contributed by atoms with van der Waals surface area (Å²) in [6.45, 7) is 8.26. The van der Waals surface area contributed by atoms with E-state index in [-0.39, 0.29) is 5.91 Å². The van der Waals surface area contributed by atoms with E-state index in [1.54, 1.807) is 0 Å². The number of rotatable bonds is 5. The minimum absolute atomic E-state index is 0.00262. The summed E-state index contributed by atoms with van der Waals surface area (Å²) in [5, 5.41) is 2.99. The second-order valence-electron chi connectivity index (χ2n) is 6.86. The standard InChI is InChI=1S/C23H25NO2/c1-15-8-9-19(14-17(15)3)22-12-10-20(26-22)11-13-23(25)24-21-7-5-6-16(2)18(21)4/h5-10,12,14H,11,13H2,1-4H3,(H,24,25). The Morgan fingerprint density at radius 3 is 2.50 bits per heavy atom. The predicted molar refractivity (Wildman–Crippen MR) is 106 cm³/mol. The molecule has 0 spiro atoms. The zero-order valence-corrected chi connectivity index (χ0v) is 15.8. The van der Waals surface area contributed by atoms with Crippen molar-refractivity contribution in [1.29, 1.82) is 0 Å². The summed E-state index contributed by atoms with van der Waals surface area (Å²) in [6.07, 6.45) is 0.981. The molecule has 1 N–H and O–H groups in total. The maximum atomic E-state index is 12.3. The molecule has 1 aromatic heterocycles. The van der Waals surface area contributed by atoms with Crippen molar-refractivity contribution in [2.24, 2.45) is 0 Å². The first-order chi connectivity index (χ1) is 12.4. The number of anilines is 1. The zero-order chi connectivity index (χ0) is 18.7. The molecular formula is C23H25NO2. The van der Waals surface area contributed by atoms with Crippen LogP contribution in [-0.2, 0) is 11.2 Å². The average molecular weight is 347 g/mol. The quantitative estimate of drug-likeness (QED) is 0.638. The van der Waals surface area contributed by atoms with Gasteiger partial charge in [0.2, 0.25) is 5.91 Å². The second kappa shape index (κ2) is 7.61. The molecule has 3 heteroatoms. The monoisotopic (exact) mass is 347 g/mol. The van der Waals surface area contributed by atoms with E-state index in [0.717, 1.165) is 28.3 Å². The zero-order valence-electron chi connectivity index (χ0n) is 15.8. The van der Waals surface area contributed by atoms with Crippen LogP contribution in [0.3, 0.4) is 0 Å². The smallest absolute Gasteiger partial charge is 0.224 e. The van der Waals surface area contributed by atoms with Gasteiger partial charge in [-0.05, 0) is 74.2 Å². The first kappa shape index (κ1) is 18.0. The van der Waals surface area contributed by atoms with Crippen LogP contribution in [0.15, 0.2) is 52.9 Å². The van der Waals surface area contributed by atoms with Crippen molar-refractivity contribution in [3.8, 4) is 11.3 Å². The molecular weight excluding hydrogens is 322 g/mol.